The first-order valence-electron chi connectivity index (χ1n) is 11.1. The van der Waals surface area contributed by atoms with Crippen LogP contribution in [-0.4, -0.2) is 17.0 Å². The Morgan fingerprint density at radius 3 is 1.66 bits per heavy atom. The fourth-order valence-electron chi connectivity index (χ4n) is 3.74. The van der Waals surface area contributed by atoms with Gasteiger partial charge in [0.25, 0.3) is 0 Å². The van der Waals surface area contributed by atoms with E-state index in [9.17, 15) is 14.7 Å². The summed E-state index contributed by atoms with van der Waals surface area (Å²) in [6.45, 7) is 2.25. The average Bonchev–Trinajstić information content (AvgIpc) is 2.67. The van der Waals surface area contributed by atoms with Gasteiger partial charge in [-0.25, -0.2) is 4.79 Å². The van der Waals surface area contributed by atoms with E-state index in [2.05, 4.69) is 6.92 Å². The van der Waals surface area contributed by atoms with Crippen LogP contribution < -0.4 is 34.7 Å². The van der Waals surface area contributed by atoms with Crippen LogP contribution in [0.25, 0.3) is 0 Å². The van der Waals surface area contributed by atoms with Crippen molar-refractivity contribution in [3.05, 3.63) is 34.9 Å². The summed E-state index contributed by atoms with van der Waals surface area (Å²) in [5.74, 6) is -2.62. The minimum atomic E-state index is -1.40. The molecule has 0 aliphatic heterocycles. The molecule has 0 radical (unpaired) electrons. The summed E-state index contributed by atoms with van der Waals surface area (Å²) in [6.07, 6.45) is 18.4. The summed E-state index contributed by atoms with van der Waals surface area (Å²) in [5, 5.41) is 20.5. The van der Waals surface area contributed by atoms with Gasteiger partial charge in [-0.15, -0.1) is 0 Å². The van der Waals surface area contributed by atoms with Crippen LogP contribution in [0.1, 0.15) is 123 Å². The molecule has 0 unspecified atom stereocenters. The predicted octanol–water partition coefficient (Wildman–Crippen LogP) is 2.78. The van der Waals surface area contributed by atoms with Crippen molar-refractivity contribution in [2.75, 3.05) is 0 Å². The molecule has 0 saturated heterocycles. The summed E-state index contributed by atoms with van der Waals surface area (Å²) in [4.78, 5) is 22.5. The molecule has 29 heavy (non-hydrogen) atoms. The maximum atomic E-state index is 11.3. The van der Waals surface area contributed by atoms with E-state index in [4.69, 9.17) is 5.11 Å². The van der Waals surface area contributed by atoms with Crippen LogP contribution >= 0.6 is 0 Å². The monoisotopic (exact) mass is 412 g/mol. The van der Waals surface area contributed by atoms with Gasteiger partial charge < -0.3 is 15.0 Å². The molecule has 0 fully saturated rings. The van der Waals surface area contributed by atoms with E-state index in [1.54, 1.807) is 12.1 Å². The summed E-state index contributed by atoms with van der Waals surface area (Å²) >= 11 is 0. The Bertz CT molecular complexity index is 586. The van der Waals surface area contributed by atoms with Crippen molar-refractivity contribution in [1.82, 2.24) is 0 Å². The molecule has 4 nitrogen and oxygen atoms in total. The molecule has 1 rings (SSSR count). The van der Waals surface area contributed by atoms with Crippen LogP contribution in [0, 0.1) is 0 Å². The van der Waals surface area contributed by atoms with Crippen molar-refractivity contribution in [2.24, 2.45) is 0 Å². The minimum absolute atomic E-state index is 0. The quantitative estimate of drug-likeness (QED) is 0.315. The molecular formula is C24H37NaO4. The molecule has 0 saturated carbocycles. The summed E-state index contributed by atoms with van der Waals surface area (Å²) in [5.41, 5.74) is 0.228. The number of aryl methyl sites for hydroxylation is 1. The van der Waals surface area contributed by atoms with E-state index in [0.717, 1.165) is 19.3 Å². The van der Waals surface area contributed by atoms with Gasteiger partial charge in [-0.3, -0.25) is 0 Å². The Labute approximate surface area is 198 Å². The number of carbonyl (C=O) groups is 2. The number of benzene rings is 1. The van der Waals surface area contributed by atoms with Gasteiger partial charge >= 0.3 is 35.5 Å². The maximum Gasteiger partial charge on any atom is 1.00 e. The molecular weight excluding hydrogens is 375 g/mol. The fourth-order valence-corrected chi connectivity index (χ4v) is 3.74. The van der Waals surface area contributed by atoms with Crippen LogP contribution in [0.2, 0.25) is 0 Å². The van der Waals surface area contributed by atoms with Crippen LogP contribution in [0.3, 0.4) is 0 Å². The van der Waals surface area contributed by atoms with Crippen molar-refractivity contribution in [1.29, 1.82) is 0 Å². The Morgan fingerprint density at radius 2 is 1.24 bits per heavy atom. The van der Waals surface area contributed by atoms with E-state index in [0.29, 0.717) is 12.0 Å². The third-order valence-electron chi connectivity index (χ3n) is 5.38. The molecule has 0 spiro atoms. The van der Waals surface area contributed by atoms with Gasteiger partial charge in [0.1, 0.15) is 0 Å². The first-order chi connectivity index (χ1) is 13.6. The van der Waals surface area contributed by atoms with Gasteiger partial charge in [0.05, 0.1) is 11.5 Å². The molecule has 0 heterocycles. The van der Waals surface area contributed by atoms with Gasteiger partial charge in [-0.05, 0) is 24.5 Å². The molecule has 0 atom stereocenters. The van der Waals surface area contributed by atoms with Gasteiger partial charge in [-0.2, -0.15) is 0 Å². The maximum absolute atomic E-state index is 11.3. The molecule has 0 aliphatic rings. The van der Waals surface area contributed by atoms with Crippen LogP contribution in [0.4, 0.5) is 0 Å². The molecule has 1 N–H and O–H groups in total. The zero-order valence-electron chi connectivity index (χ0n) is 18.5. The van der Waals surface area contributed by atoms with Crippen molar-refractivity contribution < 1.29 is 49.4 Å². The first kappa shape index (κ1) is 28.2. The van der Waals surface area contributed by atoms with Gasteiger partial charge in [0, 0.05) is 5.56 Å². The third-order valence-corrected chi connectivity index (χ3v) is 5.38. The van der Waals surface area contributed by atoms with Crippen molar-refractivity contribution >= 4 is 11.9 Å². The number of carbonyl (C=O) groups excluding carboxylic acids is 1. The average molecular weight is 413 g/mol. The minimum Gasteiger partial charge on any atom is -0.545 e. The SMILES string of the molecule is CCCCCCCCCCCCCCCCc1cccc(C(=O)O)c1C(=O)[O-].[Na+]. The second kappa shape index (κ2) is 18.0. The smallest absolute Gasteiger partial charge is 0.545 e. The molecule has 0 aromatic heterocycles. The second-order valence-electron chi connectivity index (χ2n) is 7.78. The number of hydrogen-bond acceptors (Lipinski definition) is 3. The predicted molar refractivity (Wildman–Crippen MR) is 112 cm³/mol. The van der Waals surface area contributed by atoms with E-state index in [1.807, 2.05) is 0 Å². The fraction of sp³-hybridized carbons (Fsp3) is 0.667. The van der Waals surface area contributed by atoms with Crippen molar-refractivity contribution in [3.63, 3.8) is 0 Å². The van der Waals surface area contributed by atoms with Gasteiger partial charge in [-0.1, -0.05) is 103 Å². The van der Waals surface area contributed by atoms with E-state index in [1.165, 1.54) is 76.7 Å². The Kier molecular flexibility index (Phi) is 17.5. The number of carboxylic acids is 2. The molecule has 0 amide bonds. The number of rotatable bonds is 17. The van der Waals surface area contributed by atoms with Crippen molar-refractivity contribution in [2.45, 2.75) is 103 Å². The molecule has 1 aromatic carbocycles. The number of unbranched alkanes of at least 4 members (excludes halogenated alkanes) is 13. The van der Waals surface area contributed by atoms with E-state index in [-0.39, 0.29) is 40.7 Å². The summed E-state index contributed by atoms with van der Waals surface area (Å²) < 4.78 is 0. The second-order valence-corrected chi connectivity index (χ2v) is 7.78. The third kappa shape index (κ3) is 12.5. The largest absolute Gasteiger partial charge is 1.00 e. The summed E-state index contributed by atoms with van der Waals surface area (Å²) in [6, 6.07) is 4.62. The van der Waals surface area contributed by atoms with Crippen molar-refractivity contribution in [3.8, 4) is 0 Å². The summed E-state index contributed by atoms with van der Waals surface area (Å²) in [7, 11) is 0. The topological polar surface area (TPSA) is 77.4 Å². The van der Waals surface area contributed by atoms with E-state index >= 15 is 0 Å². The number of carboxylic acid groups (broad SMARTS) is 2. The molecule has 158 valence electrons. The molecule has 1 aromatic rings. The number of hydrogen-bond donors (Lipinski definition) is 1. The first-order valence-corrected chi connectivity index (χ1v) is 11.1. The van der Waals surface area contributed by atoms with Gasteiger partial charge in [0.2, 0.25) is 0 Å². The molecule has 0 bridgehead atoms. The molecule has 0 aliphatic carbocycles. The van der Waals surface area contributed by atoms with Gasteiger partial charge in [0.15, 0.2) is 0 Å². The standard InChI is InChI=1S/C24H38O4.Na/c1-2-3-4-5-6-7-8-9-10-11-12-13-14-15-17-20-18-16-19-21(23(25)26)22(20)24(27)28;/h16,18-19H,2-15,17H2,1H3,(H,25,26)(H,27,28);/q;+1/p-1. The van der Waals surface area contributed by atoms with Crippen LogP contribution in [0.5, 0.6) is 0 Å². The normalized spacial score (nSPS) is 10.5. The zero-order chi connectivity index (χ0) is 20.6. The Balaban J connectivity index is 0.00000784. The van der Waals surface area contributed by atoms with E-state index < -0.39 is 11.9 Å². The zero-order valence-corrected chi connectivity index (χ0v) is 20.5. The van der Waals surface area contributed by atoms with Crippen LogP contribution in [0.15, 0.2) is 18.2 Å². The Hall–Kier alpha value is -0.840. The van der Waals surface area contributed by atoms with Crippen LogP contribution in [-0.2, 0) is 6.42 Å². The molecule has 5 heteroatoms. The Morgan fingerprint density at radius 1 is 0.793 bits per heavy atom. The number of aromatic carboxylic acids is 2.